The third kappa shape index (κ3) is 3.06. The first-order valence-electron chi connectivity index (χ1n) is 6.33. The average molecular weight is 287 g/mol. The molecule has 0 unspecified atom stereocenters. The zero-order chi connectivity index (χ0) is 15.4. The second-order valence-electron chi connectivity index (χ2n) is 4.44. The Labute approximate surface area is 122 Å². The van der Waals surface area contributed by atoms with E-state index < -0.39 is 0 Å². The molecule has 1 aromatic heterocycles. The number of hydrogen-bond acceptors (Lipinski definition) is 4. The standard InChI is InChI=1S/C15H17N3O3/c1-4-9-21-17-10(2)12-5-7-13(8-6-12)18-14(19)11(3)16-15(18)20/h4-8,17,19H,1-2,9H2,3H3,(H,16,20). The molecule has 6 nitrogen and oxygen atoms in total. The molecule has 0 aliphatic carbocycles. The van der Waals surface area contributed by atoms with Crippen molar-refractivity contribution in [3.8, 4) is 11.6 Å². The van der Waals surface area contributed by atoms with Crippen LogP contribution in [0.25, 0.3) is 11.4 Å². The van der Waals surface area contributed by atoms with Crippen LogP contribution in [0.15, 0.2) is 48.3 Å². The van der Waals surface area contributed by atoms with E-state index in [1.807, 2.05) is 0 Å². The van der Waals surface area contributed by atoms with Crippen molar-refractivity contribution in [1.29, 1.82) is 0 Å². The summed E-state index contributed by atoms with van der Waals surface area (Å²) in [6, 6.07) is 6.97. The maximum atomic E-state index is 11.7. The van der Waals surface area contributed by atoms with Crippen LogP contribution in [0.2, 0.25) is 0 Å². The number of H-pyrrole nitrogens is 1. The van der Waals surface area contributed by atoms with Gasteiger partial charge in [0.2, 0.25) is 5.88 Å². The molecule has 0 amide bonds. The number of aromatic amines is 1. The van der Waals surface area contributed by atoms with Gasteiger partial charge in [-0.05, 0) is 24.6 Å². The summed E-state index contributed by atoms with van der Waals surface area (Å²) in [5.41, 5.74) is 4.69. The fourth-order valence-electron chi connectivity index (χ4n) is 1.83. The number of aromatic nitrogens is 2. The first-order valence-corrected chi connectivity index (χ1v) is 6.33. The van der Waals surface area contributed by atoms with Crippen LogP contribution in [0, 0.1) is 6.92 Å². The van der Waals surface area contributed by atoms with Crippen LogP contribution < -0.4 is 11.2 Å². The summed E-state index contributed by atoms with van der Waals surface area (Å²) < 4.78 is 1.20. The molecule has 21 heavy (non-hydrogen) atoms. The summed E-state index contributed by atoms with van der Waals surface area (Å²) in [4.78, 5) is 19.4. The van der Waals surface area contributed by atoms with Crippen molar-refractivity contribution in [3.63, 3.8) is 0 Å². The Morgan fingerprint density at radius 2 is 2.14 bits per heavy atom. The zero-order valence-electron chi connectivity index (χ0n) is 11.7. The highest BCUT2D eigenvalue weighted by atomic mass is 16.6. The molecular formula is C15H17N3O3. The van der Waals surface area contributed by atoms with Crippen LogP contribution in [0.3, 0.4) is 0 Å². The number of hydroxylamine groups is 1. The Kier molecular flexibility index (Phi) is 4.30. The molecule has 0 radical (unpaired) electrons. The second kappa shape index (κ2) is 6.15. The summed E-state index contributed by atoms with van der Waals surface area (Å²) in [6.07, 6.45) is 1.62. The molecule has 2 rings (SSSR count). The number of imidazole rings is 1. The molecule has 0 saturated carbocycles. The molecule has 110 valence electrons. The summed E-state index contributed by atoms with van der Waals surface area (Å²) in [6.45, 7) is 9.38. The van der Waals surface area contributed by atoms with Gasteiger partial charge >= 0.3 is 5.69 Å². The number of benzene rings is 1. The first-order chi connectivity index (χ1) is 10.0. The molecule has 0 aliphatic heterocycles. The lowest BCUT2D eigenvalue weighted by Crippen LogP contribution is -2.15. The van der Waals surface area contributed by atoms with E-state index in [1.165, 1.54) is 4.57 Å². The van der Waals surface area contributed by atoms with E-state index in [9.17, 15) is 9.90 Å². The lowest BCUT2D eigenvalue weighted by molar-refractivity contribution is 0.104. The van der Waals surface area contributed by atoms with Gasteiger partial charge in [-0.3, -0.25) is 10.3 Å². The highest BCUT2D eigenvalue weighted by molar-refractivity contribution is 5.62. The quantitative estimate of drug-likeness (QED) is 0.430. The maximum Gasteiger partial charge on any atom is 0.333 e. The van der Waals surface area contributed by atoms with E-state index in [4.69, 9.17) is 4.84 Å². The van der Waals surface area contributed by atoms with Crippen molar-refractivity contribution >= 4 is 5.70 Å². The normalized spacial score (nSPS) is 10.3. The van der Waals surface area contributed by atoms with Gasteiger partial charge in [0.05, 0.1) is 23.7 Å². The summed E-state index contributed by atoms with van der Waals surface area (Å²) in [7, 11) is 0. The van der Waals surface area contributed by atoms with E-state index in [0.717, 1.165) is 5.56 Å². The number of hydrogen-bond donors (Lipinski definition) is 3. The van der Waals surface area contributed by atoms with Gasteiger partial charge in [0.25, 0.3) is 0 Å². The fraction of sp³-hybridized carbons (Fsp3) is 0.133. The number of nitrogens with one attached hydrogen (secondary N) is 2. The molecule has 0 atom stereocenters. The van der Waals surface area contributed by atoms with Crippen molar-refractivity contribution < 1.29 is 9.94 Å². The van der Waals surface area contributed by atoms with Gasteiger partial charge in [-0.15, -0.1) is 6.58 Å². The predicted octanol–water partition coefficient (Wildman–Crippen LogP) is 1.86. The molecule has 0 spiro atoms. The van der Waals surface area contributed by atoms with Crippen LogP contribution in [-0.4, -0.2) is 21.3 Å². The minimum Gasteiger partial charge on any atom is -0.493 e. The third-order valence-electron chi connectivity index (χ3n) is 2.92. The van der Waals surface area contributed by atoms with Gasteiger partial charge in [-0.25, -0.2) is 9.36 Å². The topological polar surface area (TPSA) is 79.3 Å². The minimum atomic E-state index is -0.385. The van der Waals surface area contributed by atoms with E-state index in [1.54, 1.807) is 37.3 Å². The van der Waals surface area contributed by atoms with E-state index in [0.29, 0.717) is 23.7 Å². The highest BCUT2D eigenvalue weighted by Gasteiger charge is 2.11. The molecule has 1 heterocycles. The van der Waals surface area contributed by atoms with Gasteiger partial charge in [-0.2, -0.15) is 0 Å². The average Bonchev–Trinajstić information content (AvgIpc) is 2.72. The van der Waals surface area contributed by atoms with Gasteiger partial charge in [0, 0.05) is 0 Å². The molecular weight excluding hydrogens is 270 g/mol. The third-order valence-corrected chi connectivity index (χ3v) is 2.92. The van der Waals surface area contributed by atoms with Crippen LogP contribution in [0.1, 0.15) is 11.3 Å². The van der Waals surface area contributed by atoms with Gasteiger partial charge in [-0.1, -0.05) is 24.8 Å². The van der Waals surface area contributed by atoms with Crippen molar-refractivity contribution in [2.24, 2.45) is 0 Å². The number of aromatic hydroxyl groups is 1. The first kappa shape index (κ1) is 14.7. The van der Waals surface area contributed by atoms with Crippen molar-refractivity contribution in [1.82, 2.24) is 15.0 Å². The molecule has 2 aromatic rings. The van der Waals surface area contributed by atoms with E-state index >= 15 is 0 Å². The fourth-order valence-corrected chi connectivity index (χ4v) is 1.83. The molecule has 0 bridgehead atoms. The van der Waals surface area contributed by atoms with Crippen LogP contribution in [0.4, 0.5) is 0 Å². The summed E-state index contributed by atoms with van der Waals surface area (Å²) in [5.74, 6) is -0.0981. The molecule has 0 fully saturated rings. The van der Waals surface area contributed by atoms with Crippen molar-refractivity contribution in [2.75, 3.05) is 6.61 Å². The molecule has 0 saturated heterocycles. The van der Waals surface area contributed by atoms with E-state index in [2.05, 4.69) is 23.6 Å². The number of nitrogens with zero attached hydrogens (tertiary/aromatic N) is 1. The van der Waals surface area contributed by atoms with Gasteiger partial charge < -0.3 is 10.1 Å². The van der Waals surface area contributed by atoms with Crippen LogP contribution in [-0.2, 0) is 4.84 Å². The lowest BCUT2D eigenvalue weighted by Gasteiger charge is -2.10. The Balaban J connectivity index is 2.21. The minimum absolute atomic E-state index is 0.0981. The van der Waals surface area contributed by atoms with Crippen LogP contribution >= 0.6 is 0 Å². The Morgan fingerprint density at radius 3 is 2.67 bits per heavy atom. The summed E-state index contributed by atoms with van der Waals surface area (Å²) >= 11 is 0. The van der Waals surface area contributed by atoms with Crippen LogP contribution in [0.5, 0.6) is 5.88 Å². The Bertz CT molecular complexity index is 711. The largest absolute Gasteiger partial charge is 0.493 e. The van der Waals surface area contributed by atoms with E-state index in [-0.39, 0.29) is 11.6 Å². The SMILES string of the molecule is C=CCONC(=C)c1ccc(-n2c(O)c(C)[nH]c2=O)cc1. The molecule has 3 N–H and O–H groups in total. The van der Waals surface area contributed by atoms with Crippen molar-refractivity contribution in [3.05, 3.63) is 65.2 Å². The van der Waals surface area contributed by atoms with Gasteiger partial charge in [0.15, 0.2) is 0 Å². The van der Waals surface area contributed by atoms with Gasteiger partial charge in [0.1, 0.15) is 0 Å². The Hall–Kier alpha value is -2.73. The predicted molar refractivity (Wildman–Crippen MR) is 81.1 cm³/mol. The smallest absolute Gasteiger partial charge is 0.333 e. The monoisotopic (exact) mass is 287 g/mol. The second-order valence-corrected chi connectivity index (χ2v) is 4.44. The van der Waals surface area contributed by atoms with Crippen molar-refractivity contribution in [2.45, 2.75) is 6.92 Å². The molecule has 1 aromatic carbocycles. The number of aryl methyl sites for hydroxylation is 1. The zero-order valence-corrected chi connectivity index (χ0v) is 11.7. The highest BCUT2D eigenvalue weighted by Crippen LogP contribution is 2.19. The summed E-state index contributed by atoms with van der Waals surface area (Å²) in [5, 5.41) is 9.87. The lowest BCUT2D eigenvalue weighted by atomic mass is 10.1. The molecule has 0 aliphatic rings. The maximum absolute atomic E-state index is 11.7. The molecule has 6 heteroatoms. The number of rotatable bonds is 6. The Morgan fingerprint density at radius 1 is 1.48 bits per heavy atom.